The van der Waals surface area contributed by atoms with Crippen LogP contribution in [0.4, 0.5) is 5.69 Å². The number of nitrogens with zero attached hydrogens (tertiary/aromatic N) is 2. The lowest BCUT2D eigenvalue weighted by Crippen LogP contribution is -1.91. The average molecular weight is 214 g/mol. The minimum Gasteiger partial charge on any atom is -0.294 e. The first-order valence-electron chi connectivity index (χ1n) is 2.79. The fourth-order valence-electron chi connectivity index (χ4n) is 0.662. The Labute approximate surface area is 71.6 Å². The zero-order valence-electron chi connectivity index (χ0n) is 5.68. The third kappa shape index (κ3) is 1.30. The highest BCUT2D eigenvalue weighted by molar-refractivity contribution is 9.10. The number of hydrogen-bond donors (Lipinski definition) is 1. The first-order chi connectivity index (χ1) is 5.16. The Morgan fingerprint density at radius 3 is 2.82 bits per heavy atom. The standard InChI is InChI=1S/C6H4BrN3O/c1-3(11)4-5(8-2)6(7)10-9-4/h1H3,(H,9,10). The Morgan fingerprint density at radius 2 is 2.45 bits per heavy atom. The van der Waals surface area contributed by atoms with Crippen LogP contribution < -0.4 is 0 Å². The zero-order valence-corrected chi connectivity index (χ0v) is 7.27. The number of Topliss-reactive ketones (excluding diaryl/α,β-unsaturated/α-hetero) is 1. The molecule has 0 bridgehead atoms. The van der Waals surface area contributed by atoms with Crippen molar-refractivity contribution < 1.29 is 4.79 Å². The molecular weight excluding hydrogens is 210 g/mol. The Hall–Kier alpha value is -1.15. The van der Waals surface area contributed by atoms with E-state index in [4.69, 9.17) is 6.57 Å². The maximum Gasteiger partial charge on any atom is 0.248 e. The van der Waals surface area contributed by atoms with Crippen LogP contribution in [-0.2, 0) is 0 Å². The molecule has 0 radical (unpaired) electrons. The molecule has 0 amide bonds. The van der Waals surface area contributed by atoms with Gasteiger partial charge in [-0.1, -0.05) is 0 Å². The van der Waals surface area contributed by atoms with Crippen LogP contribution >= 0.6 is 15.9 Å². The van der Waals surface area contributed by atoms with Crippen molar-refractivity contribution in [3.8, 4) is 0 Å². The van der Waals surface area contributed by atoms with E-state index < -0.39 is 0 Å². The Bertz CT molecular complexity index is 336. The highest BCUT2D eigenvalue weighted by Gasteiger charge is 2.14. The number of carbonyl (C=O) groups excluding carboxylic acids is 1. The molecule has 1 aromatic heterocycles. The van der Waals surface area contributed by atoms with Gasteiger partial charge in [-0.25, -0.2) is 4.85 Å². The molecule has 0 aliphatic heterocycles. The lowest BCUT2D eigenvalue weighted by atomic mass is 10.3. The zero-order chi connectivity index (χ0) is 8.43. The molecular formula is C6H4BrN3O. The molecule has 5 heteroatoms. The van der Waals surface area contributed by atoms with E-state index in [1.807, 2.05) is 0 Å². The summed E-state index contributed by atoms with van der Waals surface area (Å²) >= 11 is 3.06. The van der Waals surface area contributed by atoms with Crippen LogP contribution in [0.1, 0.15) is 17.4 Å². The number of aromatic nitrogens is 2. The minimum absolute atomic E-state index is 0.187. The molecule has 56 valence electrons. The van der Waals surface area contributed by atoms with Gasteiger partial charge in [0.1, 0.15) is 10.3 Å². The van der Waals surface area contributed by atoms with E-state index in [1.165, 1.54) is 6.92 Å². The molecule has 0 atom stereocenters. The van der Waals surface area contributed by atoms with Gasteiger partial charge in [-0.05, 0) is 22.9 Å². The lowest BCUT2D eigenvalue weighted by molar-refractivity contribution is 0.101. The molecule has 0 saturated heterocycles. The van der Waals surface area contributed by atoms with Gasteiger partial charge in [0.15, 0.2) is 5.78 Å². The summed E-state index contributed by atoms with van der Waals surface area (Å²) in [4.78, 5) is 13.9. The summed E-state index contributed by atoms with van der Waals surface area (Å²) in [6.45, 7) is 8.09. The molecule has 11 heavy (non-hydrogen) atoms. The van der Waals surface area contributed by atoms with E-state index in [2.05, 4.69) is 31.0 Å². The summed E-state index contributed by atoms with van der Waals surface area (Å²) in [5.74, 6) is -0.210. The second-order valence-electron chi connectivity index (χ2n) is 1.90. The molecule has 0 saturated carbocycles. The van der Waals surface area contributed by atoms with Gasteiger partial charge < -0.3 is 0 Å². The maximum atomic E-state index is 10.8. The Morgan fingerprint density at radius 1 is 1.82 bits per heavy atom. The molecule has 1 rings (SSSR count). The largest absolute Gasteiger partial charge is 0.294 e. The van der Waals surface area contributed by atoms with Crippen LogP contribution in [0.15, 0.2) is 4.60 Å². The van der Waals surface area contributed by atoms with Crippen molar-refractivity contribution in [2.75, 3.05) is 0 Å². The molecule has 0 aliphatic carbocycles. The van der Waals surface area contributed by atoms with Gasteiger partial charge in [0.05, 0.1) is 6.57 Å². The molecule has 0 aliphatic rings. The van der Waals surface area contributed by atoms with E-state index >= 15 is 0 Å². The normalized spacial score (nSPS) is 9.18. The molecule has 0 aromatic carbocycles. The monoisotopic (exact) mass is 213 g/mol. The van der Waals surface area contributed by atoms with E-state index in [-0.39, 0.29) is 17.2 Å². The number of ketones is 1. The van der Waals surface area contributed by atoms with Crippen molar-refractivity contribution in [2.24, 2.45) is 0 Å². The number of nitrogens with one attached hydrogen (secondary N) is 1. The molecule has 0 fully saturated rings. The molecule has 1 N–H and O–H groups in total. The topological polar surface area (TPSA) is 50.1 Å². The van der Waals surface area contributed by atoms with Crippen LogP contribution in [0, 0.1) is 6.57 Å². The SMILES string of the molecule is [C-]#[N+]c1c(C(C)=O)n[nH]c1Br. The highest BCUT2D eigenvalue weighted by atomic mass is 79.9. The van der Waals surface area contributed by atoms with Gasteiger partial charge in [0.25, 0.3) is 0 Å². The third-order valence-electron chi connectivity index (χ3n) is 1.14. The summed E-state index contributed by atoms with van der Waals surface area (Å²) in [6.07, 6.45) is 0. The van der Waals surface area contributed by atoms with Crippen LogP contribution in [0.2, 0.25) is 0 Å². The number of halogens is 1. The van der Waals surface area contributed by atoms with E-state index in [1.54, 1.807) is 0 Å². The van der Waals surface area contributed by atoms with Gasteiger partial charge in [-0.3, -0.25) is 9.89 Å². The first kappa shape index (κ1) is 7.95. The Balaban J connectivity index is 3.30. The number of aromatic amines is 1. The van der Waals surface area contributed by atoms with Crippen molar-refractivity contribution in [1.82, 2.24) is 10.2 Å². The van der Waals surface area contributed by atoms with Crippen molar-refractivity contribution in [1.29, 1.82) is 0 Å². The number of H-pyrrole nitrogens is 1. The number of rotatable bonds is 1. The molecule has 4 nitrogen and oxygen atoms in total. The highest BCUT2D eigenvalue weighted by Crippen LogP contribution is 2.26. The fourth-order valence-corrected chi connectivity index (χ4v) is 1.03. The molecule has 0 spiro atoms. The van der Waals surface area contributed by atoms with Crippen molar-refractivity contribution in [3.63, 3.8) is 0 Å². The summed E-state index contributed by atoms with van der Waals surface area (Å²) in [5.41, 5.74) is 0.435. The number of hydrogen-bond acceptors (Lipinski definition) is 2. The fraction of sp³-hybridized carbons (Fsp3) is 0.167. The second-order valence-corrected chi connectivity index (χ2v) is 2.70. The minimum atomic E-state index is -0.210. The van der Waals surface area contributed by atoms with Crippen LogP contribution in [-0.4, -0.2) is 16.0 Å². The second kappa shape index (κ2) is 2.84. The van der Waals surface area contributed by atoms with Gasteiger partial charge in [-0.2, -0.15) is 5.10 Å². The lowest BCUT2D eigenvalue weighted by Gasteiger charge is -1.85. The van der Waals surface area contributed by atoms with Crippen molar-refractivity contribution >= 4 is 27.4 Å². The van der Waals surface area contributed by atoms with Gasteiger partial charge >= 0.3 is 0 Å². The average Bonchev–Trinajstić information content (AvgIpc) is 2.30. The van der Waals surface area contributed by atoms with Crippen LogP contribution in [0.25, 0.3) is 4.85 Å². The van der Waals surface area contributed by atoms with E-state index in [0.717, 1.165) is 0 Å². The third-order valence-corrected chi connectivity index (χ3v) is 1.70. The van der Waals surface area contributed by atoms with Crippen LogP contribution in [0.5, 0.6) is 0 Å². The maximum absolute atomic E-state index is 10.8. The molecule has 0 unspecified atom stereocenters. The summed E-state index contributed by atoms with van der Waals surface area (Å²) < 4.78 is 0.456. The number of carbonyl (C=O) groups is 1. The van der Waals surface area contributed by atoms with E-state index in [0.29, 0.717) is 4.60 Å². The molecule has 1 aromatic rings. The van der Waals surface area contributed by atoms with Crippen LogP contribution in [0.3, 0.4) is 0 Å². The predicted octanol–water partition coefficient (Wildman–Crippen LogP) is 1.93. The van der Waals surface area contributed by atoms with Gasteiger partial charge in [-0.15, -0.1) is 0 Å². The summed E-state index contributed by atoms with van der Waals surface area (Å²) in [5, 5.41) is 6.15. The van der Waals surface area contributed by atoms with Gasteiger partial charge in [0.2, 0.25) is 5.69 Å². The van der Waals surface area contributed by atoms with Gasteiger partial charge in [0, 0.05) is 0 Å². The predicted molar refractivity (Wildman–Crippen MR) is 42.6 cm³/mol. The Kier molecular flexibility index (Phi) is 2.06. The van der Waals surface area contributed by atoms with E-state index in [9.17, 15) is 4.79 Å². The smallest absolute Gasteiger partial charge is 0.248 e. The first-order valence-corrected chi connectivity index (χ1v) is 3.58. The summed E-state index contributed by atoms with van der Waals surface area (Å²) in [7, 11) is 0. The summed E-state index contributed by atoms with van der Waals surface area (Å²) in [6, 6.07) is 0. The van der Waals surface area contributed by atoms with Crippen molar-refractivity contribution in [3.05, 3.63) is 21.7 Å². The molecule has 1 heterocycles. The van der Waals surface area contributed by atoms with Crippen molar-refractivity contribution in [2.45, 2.75) is 6.92 Å². The quantitative estimate of drug-likeness (QED) is 0.573.